The molecular formula is C16H15N3O2. The molecule has 1 aliphatic rings. The zero-order valence-corrected chi connectivity index (χ0v) is 11.5. The van der Waals surface area contributed by atoms with Gasteiger partial charge in [0.25, 0.3) is 0 Å². The third-order valence-corrected chi connectivity index (χ3v) is 3.58. The zero-order valence-electron chi connectivity index (χ0n) is 11.5. The van der Waals surface area contributed by atoms with Crippen molar-refractivity contribution >= 4 is 11.8 Å². The minimum absolute atomic E-state index is 0.116. The Morgan fingerprint density at radius 3 is 2.76 bits per heavy atom. The molecule has 1 unspecified atom stereocenters. The van der Waals surface area contributed by atoms with E-state index < -0.39 is 0 Å². The van der Waals surface area contributed by atoms with Crippen LogP contribution in [-0.2, 0) is 22.6 Å². The summed E-state index contributed by atoms with van der Waals surface area (Å²) in [7, 11) is 0. The number of nitrogens with zero attached hydrogens (tertiary/aromatic N) is 3. The van der Waals surface area contributed by atoms with E-state index in [1.54, 1.807) is 24.7 Å². The topological polar surface area (TPSA) is 63.2 Å². The van der Waals surface area contributed by atoms with Crippen molar-refractivity contribution in [3.05, 3.63) is 60.2 Å². The second kappa shape index (κ2) is 5.83. The standard InChI is InChI=1S/C16H15N3O2/c20-15-9-13(8-14-5-1-2-7-18-14)16(21)19(15)11-12-4-3-6-17-10-12/h1-7,10,13H,8-9,11H2. The number of hydrogen-bond acceptors (Lipinski definition) is 4. The van der Waals surface area contributed by atoms with Crippen LogP contribution in [0.25, 0.3) is 0 Å². The number of hydrogen-bond donors (Lipinski definition) is 0. The van der Waals surface area contributed by atoms with E-state index in [4.69, 9.17) is 0 Å². The second-order valence-electron chi connectivity index (χ2n) is 5.11. The molecule has 106 valence electrons. The quantitative estimate of drug-likeness (QED) is 0.798. The number of carbonyl (C=O) groups excluding carboxylic acids is 2. The smallest absolute Gasteiger partial charge is 0.233 e. The van der Waals surface area contributed by atoms with Gasteiger partial charge in [0.05, 0.1) is 12.5 Å². The Hall–Kier alpha value is -2.56. The number of aromatic nitrogens is 2. The predicted octanol–water partition coefficient (Wildman–Crippen LogP) is 1.59. The third kappa shape index (κ3) is 2.97. The highest BCUT2D eigenvalue weighted by Gasteiger charge is 2.38. The van der Waals surface area contributed by atoms with Gasteiger partial charge < -0.3 is 0 Å². The van der Waals surface area contributed by atoms with E-state index in [1.165, 1.54) is 4.90 Å². The maximum absolute atomic E-state index is 12.4. The fourth-order valence-corrected chi connectivity index (χ4v) is 2.52. The van der Waals surface area contributed by atoms with Crippen LogP contribution < -0.4 is 0 Å². The summed E-state index contributed by atoms with van der Waals surface area (Å²) < 4.78 is 0. The second-order valence-corrected chi connectivity index (χ2v) is 5.11. The fourth-order valence-electron chi connectivity index (χ4n) is 2.52. The van der Waals surface area contributed by atoms with E-state index in [2.05, 4.69) is 9.97 Å². The van der Waals surface area contributed by atoms with Gasteiger partial charge in [-0.05, 0) is 23.8 Å². The van der Waals surface area contributed by atoms with Gasteiger partial charge >= 0.3 is 0 Å². The summed E-state index contributed by atoms with van der Waals surface area (Å²) in [6.45, 7) is 0.296. The molecule has 5 heteroatoms. The molecule has 2 aromatic rings. The van der Waals surface area contributed by atoms with Crippen LogP contribution in [0.2, 0.25) is 0 Å². The lowest BCUT2D eigenvalue weighted by molar-refractivity contribution is -0.140. The monoisotopic (exact) mass is 281 g/mol. The lowest BCUT2D eigenvalue weighted by Gasteiger charge is -2.14. The molecule has 3 heterocycles. The van der Waals surface area contributed by atoms with E-state index in [-0.39, 0.29) is 24.2 Å². The molecule has 1 aliphatic heterocycles. The molecule has 0 bridgehead atoms. The number of rotatable bonds is 4. The Balaban J connectivity index is 1.70. The Bertz CT molecular complexity index is 643. The maximum Gasteiger partial charge on any atom is 0.233 e. The van der Waals surface area contributed by atoms with Crippen molar-refractivity contribution in [1.29, 1.82) is 0 Å². The van der Waals surface area contributed by atoms with Crippen molar-refractivity contribution in [2.45, 2.75) is 19.4 Å². The number of pyridine rings is 2. The summed E-state index contributed by atoms with van der Waals surface area (Å²) in [6.07, 6.45) is 5.81. The molecule has 0 saturated carbocycles. The maximum atomic E-state index is 12.4. The zero-order chi connectivity index (χ0) is 14.7. The van der Waals surface area contributed by atoms with E-state index in [9.17, 15) is 9.59 Å². The van der Waals surface area contributed by atoms with Gasteiger partial charge in [0.2, 0.25) is 11.8 Å². The molecule has 2 aromatic heterocycles. The molecule has 21 heavy (non-hydrogen) atoms. The summed E-state index contributed by atoms with van der Waals surface area (Å²) >= 11 is 0. The van der Waals surface area contributed by atoms with Crippen LogP contribution in [0.3, 0.4) is 0 Å². The van der Waals surface area contributed by atoms with Gasteiger partial charge in [-0.3, -0.25) is 24.5 Å². The largest absolute Gasteiger partial charge is 0.278 e. The number of carbonyl (C=O) groups is 2. The Kier molecular flexibility index (Phi) is 3.73. The highest BCUT2D eigenvalue weighted by molar-refractivity contribution is 6.03. The van der Waals surface area contributed by atoms with Crippen LogP contribution in [0.4, 0.5) is 0 Å². The van der Waals surface area contributed by atoms with Crippen LogP contribution in [0.5, 0.6) is 0 Å². The highest BCUT2D eigenvalue weighted by atomic mass is 16.2. The Labute approximate surface area is 122 Å². The first kappa shape index (κ1) is 13.4. The van der Waals surface area contributed by atoms with Gasteiger partial charge in [-0.1, -0.05) is 12.1 Å². The first-order valence-electron chi connectivity index (χ1n) is 6.87. The van der Waals surface area contributed by atoms with Crippen LogP contribution >= 0.6 is 0 Å². The molecule has 0 aliphatic carbocycles. The normalized spacial score (nSPS) is 18.3. The van der Waals surface area contributed by atoms with Crippen LogP contribution in [0.15, 0.2) is 48.9 Å². The van der Waals surface area contributed by atoms with Crippen molar-refractivity contribution in [2.75, 3.05) is 0 Å². The minimum Gasteiger partial charge on any atom is -0.278 e. The van der Waals surface area contributed by atoms with Gasteiger partial charge in [0, 0.05) is 37.1 Å². The number of amides is 2. The molecule has 1 atom stereocenters. The molecule has 0 spiro atoms. The van der Waals surface area contributed by atoms with Gasteiger partial charge in [-0.25, -0.2) is 0 Å². The summed E-state index contributed by atoms with van der Waals surface area (Å²) in [6, 6.07) is 9.25. The third-order valence-electron chi connectivity index (χ3n) is 3.58. The molecule has 1 fully saturated rings. The highest BCUT2D eigenvalue weighted by Crippen LogP contribution is 2.24. The van der Waals surface area contributed by atoms with Crippen molar-refractivity contribution in [1.82, 2.24) is 14.9 Å². The van der Waals surface area contributed by atoms with Gasteiger partial charge in [-0.15, -0.1) is 0 Å². The minimum atomic E-state index is -0.302. The molecule has 5 nitrogen and oxygen atoms in total. The Morgan fingerprint density at radius 1 is 1.14 bits per heavy atom. The van der Waals surface area contributed by atoms with Crippen molar-refractivity contribution in [2.24, 2.45) is 5.92 Å². The summed E-state index contributed by atoms with van der Waals surface area (Å²) in [5.74, 6) is -0.539. The Morgan fingerprint density at radius 2 is 2.05 bits per heavy atom. The lowest BCUT2D eigenvalue weighted by atomic mass is 10.0. The molecule has 3 rings (SSSR count). The van der Waals surface area contributed by atoms with Crippen molar-refractivity contribution in [3.8, 4) is 0 Å². The van der Waals surface area contributed by atoms with Crippen molar-refractivity contribution in [3.63, 3.8) is 0 Å². The average Bonchev–Trinajstić information content (AvgIpc) is 2.77. The number of imide groups is 1. The van der Waals surface area contributed by atoms with Crippen LogP contribution in [-0.4, -0.2) is 26.7 Å². The molecule has 1 saturated heterocycles. The molecule has 2 amide bonds. The van der Waals surface area contributed by atoms with E-state index in [1.807, 2.05) is 24.3 Å². The fraction of sp³-hybridized carbons (Fsp3) is 0.250. The SMILES string of the molecule is O=C1CC(Cc2ccccn2)C(=O)N1Cc1cccnc1. The molecular weight excluding hydrogens is 266 g/mol. The molecule has 0 aromatic carbocycles. The van der Waals surface area contributed by atoms with Gasteiger partial charge in [0.15, 0.2) is 0 Å². The van der Waals surface area contributed by atoms with E-state index >= 15 is 0 Å². The van der Waals surface area contributed by atoms with Gasteiger partial charge in [-0.2, -0.15) is 0 Å². The summed E-state index contributed by atoms with van der Waals surface area (Å²) in [5, 5.41) is 0. The summed E-state index contributed by atoms with van der Waals surface area (Å²) in [4.78, 5) is 34.0. The summed E-state index contributed by atoms with van der Waals surface area (Å²) in [5.41, 5.74) is 1.70. The van der Waals surface area contributed by atoms with Crippen LogP contribution in [0, 0.1) is 5.92 Å². The lowest BCUT2D eigenvalue weighted by Crippen LogP contribution is -2.30. The molecule has 0 radical (unpaired) electrons. The predicted molar refractivity (Wildman–Crippen MR) is 75.8 cm³/mol. The van der Waals surface area contributed by atoms with E-state index in [0.717, 1.165) is 11.3 Å². The first-order valence-corrected chi connectivity index (χ1v) is 6.87. The van der Waals surface area contributed by atoms with Crippen LogP contribution in [0.1, 0.15) is 17.7 Å². The number of likely N-dealkylation sites (tertiary alicyclic amines) is 1. The first-order chi connectivity index (χ1) is 10.2. The average molecular weight is 281 g/mol. The van der Waals surface area contributed by atoms with E-state index in [0.29, 0.717) is 13.0 Å². The molecule has 0 N–H and O–H groups in total. The van der Waals surface area contributed by atoms with Gasteiger partial charge in [0.1, 0.15) is 0 Å². The van der Waals surface area contributed by atoms with Crippen molar-refractivity contribution < 1.29 is 9.59 Å².